The van der Waals surface area contributed by atoms with Gasteiger partial charge in [-0.25, -0.2) is 9.59 Å². The molecule has 1 unspecified atom stereocenters. The van der Waals surface area contributed by atoms with Crippen LogP contribution in [0.15, 0.2) is 0 Å². The number of esters is 1. The second kappa shape index (κ2) is 6.77. The van der Waals surface area contributed by atoms with Gasteiger partial charge in [-0.15, -0.1) is 11.8 Å². The highest BCUT2D eigenvalue weighted by Crippen LogP contribution is 2.37. The summed E-state index contributed by atoms with van der Waals surface area (Å²) in [5.74, 6) is -1.03. The average molecular weight is 362 g/mol. The maximum atomic E-state index is 12.7. The molecule has 2 amide bonds. The molecule has 0 bridgehead atoms. The number of carbonyl (C=O) groups is 3. The van der Waals surface area contributed by atoms with Crippen LogP contribution in [-0.4, -0.2) is 81.2 Å². The maximum Gasteiger partial charge on any atom is 0.408 e. The van der Waals surface area contributed by atoms with Gasteiger partial charge in [0.05, 0.1) is 7.11 Å². The number of amides is 2. The highest BCUT2D eigenvalue weighted by molar-refractivity contribution is 8.00. The summed E-state index contributed by atoms with van der Waals surface area (Å²) in [5.41, 5.74) is -0.786. The Kier molecular flexibility index (Phi) is 5.31. The van der Waals surface area contributed by atoms with Crippen molar-refractivity contribution in [3.8, 4) is 0 Å². The fourth-order valence-corrected chi connectivity index (χ4v) is 4.09. The second-order valence-electron chi connectivity index (χ2n) is 6.61. The van der Waals surface area contributed by atoms with E-state index in [9.17, 15) is 24.6 Å². The number of thioether (sulfide) groups is 1. The lowest BCUT2D eigenvalue weighted by molar-refractivity contribution is -0.163. The highest BCUT2D eigenvalue weighted by Gasteiger charge is 2.55. The van der Waals surface area contributed by atoms with Crippen LogP contribution in [0.5, 0.6) is 0 Å². The molecule has 2 saturated heterocycles. The number of nitrogens with one attached hydrogen (secondary N) is 1. The minimum Gasteiger partial charge on any atom is -0.467 e. The summed E-state index contributed by atoms with van der Waals surface area (Å²) in [6, 6.07) is -2.28. The van der Waals surface area contributed by atoms with Crippen LogP contribution >= 0.6 is 11.8 Å². The molecular formula is C14H22N2O7S. The number of piperidine rings is 1. The van der Waals surface area contributed by atoms with Gasteiger partial charge >= 0.3 is 12.1 Å². The zero-order valence-electron chi connectivity index (χ0n) is 13.9. The summed E-state index contributed by atoms with van der Waals surface area (Å²) >= 11 is 1.17. The Hall–Kier alpha value is -1.52. The number of carbonyl (C=O) groups excluding carboxylic acids is 3. The van der Waals surface area contributed by atoms with E-state index in [0.717, 1.165) is 4.90 Å². The van der Waals surface area contributed by atoms with Crippen LogP contribution in [0, 0.1) is 0 Å². The summed E-state index contributed by atoms with van der Waals surface area (Å²) < 4.78 is 9.74. The molecule has 0 aliphatic carbocycles. The molecule has 0 aromatic rings. The first-order chi connectivity index (χ1) is 11.1. The van der Waals surface area contributed by atoms with Gasteiger partial charge in [0.25, 0.3) is 0 Å². The van der Waals surface area contributed by atoms with Gasteiger partial charge in [-0.2, -0.15) is 0 Å². The predicted molar refractivity (Wildman–Crippen MR) is 84.1 cm³/mol. The number of ether oxygens (including phenoxy) is 2. The van der Waals surface area contributed by atoms with E-state index in [1.807, 2.05) is 0 Å². The number of rotatable bonds is 2. The van der Waals surface area contributed by atoms with Crippen LogP contribution in [0.3, 0.4) is 0 Å². The van der Waals surface area contributed by atoms with Crippen molar-refractivity contribution in [3.63, 3.8) is 0 Å². The van der Waals surface area contributed by atoms with Crippen molar-refractivity contribution >= 4 is 29.7 Å². The van der Waals surface area contributed by atoms with Crippen molar-refractivity contribution in [2.75, 3.05) is 12.9 Å². The van der Waals surface area contributed by atoms with Crippen molar-refractivity contribution in [2.24, 2.45) is 0 Å². The molecule has 2 heterocycles. The average Bonchev–Trinajstić information content (AvgIpc) is 2.92. The van der Waals surface area contributed by atoms with Gasteiger partial charge in [0, 0.05) is 5.75 Å². The van der Waals surface area contributed by atoms with E-state index < -0.39 is 53.2 Å². The molecule has 0 aromatic heterocycles. The molecule has 2 fully saturated rings. The molecule has 0 saturated carbocycles. The van der Waals surface area contributed by atoms with Crippen LogP contribution in [-0.2, 0) is 19.1 Å². The number of aliphatic hydroxyl groups excluding tert-OH is 2. The molecule has 2 aliphatic heterocycles. The third-order valence-corrected chi connectivity index (χ3v) is 5.04. The van der Waals surface area contributed by atoms with Gasteiger partial charge in [0.2, 0.25) is 5.91 Å². The lowest BCUT2D eigenvalue weighted by Crippen LogP contribution is -2.68. The lowest BCUT2D eigenvalue weighted by atomic mass is 9.97. The van der Waals surface area contributed by atoms with Gasteiger partial charge in [0.1, 0.15) is 35.3 Å². The van der Waals surface area contributed by atoms with Crippen molar-refractivity contribution < 1.29 is 34.1 Å². The minimum absolute atomic E-state index is 0.242. The summed E-state index contributed by atoms with van der Waals surface area (Å²) in [4.78, 5) is 37.5. The monoisotopic (exact) mass is 362 g/mol. The number of nitrogens with zero attached hydrogens (tertiary/aromatic N) is 1. The van der Waals surface area contributed by atoms with Crippen molar-refractivity contribution in [3.05, 3.63) is 0 Å². The van der Waals surface area contributed by atoms with E-state index in [1.165, 1.54) is 18.9 Å². The molecule has 10 heteroatoms. The zero-order valence-corrected chi connectivity index (χ0v) is 14.7. The first kappa shape index (κ1) is 18.8. The second-order valence-corrected chi connectivity index (χ2v) is 7.76. The molecule has 24 heavy (non-hydrogen) atoms. The standard InChI is InChI=1S/C14H22N2O7S/c1-14(2,3)23-13(21)15-7-8(17)9(18)11-16(10(7)19)6(5-24-11)12(20)22-4/h6-9,11,17-18H,5H2,1-4H3,(H,15,21)/t6-,7?,8+,9-,11-/m0/s1. The van der Waals surface area contributed by atoms with E-state index in [2.05, 4.69) is 10.1 Å². The predicted octanol–water partition coefficient (Wildman–Crippen LogP) is -0.942. The number of fused-ring (bicyclic) bond motifs is 1. The summed E-state index contributed by atoms with van der Waals surface area (Å²) in [6.07, 6.45) is -3.72. The first-order valence-corrected chi connectivity index (χ1v) is 8.49. The maximum absolute atomic E-state index is 12.7. The Morgan fingerprint density at radius 1 is 1.29 bits per heavy atom. The third-order valence-electron chi connectivity index (χ3n) is 3.68. The van der Waals surface area contributed by atoms with Crippen LogP contribution in [0.4, 0.5) is 4.79 Å². The number of methoxy groups -OCH3 is 1. The number of aliphatic hydroxyl groups is 2. The molecule has 2 aliphatic rings. The molecule has 136 valence electrons. The first-order valence-electron chi connectivity index (χ1n) is 7.44. The van der Waals surface area contributed by atoms with Crippen molar-refractivity contribution in [1.29, 1.82) is 0 Å². The van der Waals surface area contributed by atoms with Crippen LogP contribution in [0.25, 0.3) is 0 Å². The van der Waals surface area contributed by atoms with E-state index in [4.69, 9.17) is 4.74 Å². The van der Waals surface area contributed by atoms with E-state index in [0.29, 0.717) is 0 Å². The normalized spacial score (nSPS) is 33.0. The van der Waals surface area contributed by atoms with Gasteiger partial charge in [-0.1, -0.05) is 0 Å². The Bertz CT molecular complexity index is 536. The van der Waals surface area contributed by atoms with Gasteiger partial charge in [0.15, 0.2) is 0 Å². The summed E-state index contributed by atoms with van der Waals surface area (Å²) in [5, 5.41) is 21.9. The Labute approximate surface area is 143 Å². The number of hydrogen-bond acceptors (Lipinski definition) is 8. The summed E-state index contributed by atoms with van der Waals surface area (Å²) in [7, 11) is 1.20. The zero-order chi connectivity index (χ0) is 18.2. The Morgan fingerprint density at radius 3 is 2.46 bits per heavy atom. The highest BCUT2D eigenvalue weighted by atomic mass is 32.2. The number of hydrogen-bond donors (Lipinski definition) is 3. The smallest absolute Gasteiger partial charge is 0.408 e. The third kappa shape index (κ3) is 3.60. The quantitative estimate of drug-likeness (QED) is 0.538. The Balaban J connectivity index is 2.19. The van der Waals surface area contributed by atoms with Gasteiger partial charge in [-0.3, -0.25) is 4.79 Å². The molecule has 9 nitrogen and oxygen atoms in total. The minimum atomic E-state index is -1.50. The molecule has 0 aromatic carbocycles. The fourth-order valence-electron chi connectivity index (χ4n) is 2.64. The van der Waals surface area contributed by atoms with Gasteiger partial charge < -0.3 is 29.9 Å². The molecular weight excluding hydrogens is 340 g/mol. The van der Waals surface area contributed by atoms with Crippen molar-refractivity contribution in [1.82, 2.24) is 10.2 Å². The number of alkyl carbamates (subject to hydrolysis) is 1. The fraction of sp³-hybridized carbons (Fsp3) is 0.786. The molecule has 3 N–H and O–H groups in total. The van der Waals surface area contributed by atoms with Crippen molar-refractivity contribution in [2.45, 2.75) is 56.0 Å². The van der Waals surface area contributed by atoms with Gasteiger partial charge in [-0.05, 0) is 20.8 Å². The van der Waals surface area contributed by atoms with Crippen LogP contribution in [0.1, 0.15) is 20.8 Å². The SMILES string of the molecule is COC(=O)[C@@H]1CS[C@H]2[C@@H](O)[C@H](O)C(NC(=O)OC(C)(C)C)C(=O)N12. The lowest BCUT2D eigenvalue weighted by Gasteiger charge is -2.42. The molecule has 5 atom stereocenters. The molecule has 0 spiro atoms. The summed E-state index contributed by atoms with van der Waals surface area (Å²) in [6.45, 7) is 4.96. The van der Waals surface area contributed by atoms with E-state index in [1.54, 1.807) is 20.8 Å². The molecule has 0 radical (unpaired) electrons. The van der Waals surface area contributed by atoms with Crippen LogP contribution in [0.2, 0.25) is 0 Å². The molecule has 2 rings (SSSR count). The Morgan fingerprint density at radius 2 is 1.92 bits per heavy atom. The topological polar surface area (TPSA) is 125 Å². The van der Waals surface area contributed by atoms with E-state index >= 15 is 0 Å². The van der Waals surface area contributed by atoms with E-state index in [-0.39, 0.29) is 5.75 Å². The largest absolute Gasteiger partial charge is 0.467 e. The van der Waals surface area contributed by atoms with Crippen LogP contribution < -0.4 is 5.32 Å².